The monoisotopic (exact) mass is 311 g/mol. The molecule has 1 atom stereocenters. The van der Waals surface area contributed by atoms with Crippen LogP contribution in [0.4, 0.5) is 0 Å². The molecule has 0 saturated heterocycles. The second kappa shape index (κ2) is 5.76. The van der Waals surface area contributed by atoms with E-state index < -0.39 is 0 Å². The van der Waals surface area contributed by atoms with E-state index in [1.54, 1.807) is 18.4 Å². The fourth-order valence-corrected chi connectivity index (χ4v) is 2.88. The Morgan fingerprint density at radius 1 is 1.35 bits per heavy atom. The summed E-state index contributed by atoms with van der Waals surface area (Å²) in [5.74, 6) is 0. The SMILES string of the molecule is CCC(OC)c1nc(-c2ccc(Br)cc2)cs1. The molecular weight excluding hydrogens is 298 g/mol. The lowest BCUT2D eigenvalue weighted by Gasteiger charge is -2.08. The molecule has 0 N–H and O–H groups in total. The second-order valence-electron chi connectivity index (χ2n) is 3.71. The molecule has 0 spiro atoms. The molecule has 0 fully saturated rings. The van der Waals surface area contributed by atoms with Crippen molar-refractivity contribution >= 4 is 27.3 Å². The Morgan fingerprint density at radius 2 is 2.06 bits per heavy atom. The van der Waals surface area contributed by atoms with Crippen molar-refractivity contribution in [2.24, 2.45) is 0 Å². The van der Waals surface area contributed by atoms with Crippen molar-refractivity contribution in [3.05, 3.63) is 39.1 Å². The molecule has 0 saturated carbocycles. The van der Waals surface area contributed by atoms with Crippen LogP contribution in [0, 0.1) is 0 Å². The van der Waals surface area contributed by atoms with Crippen LogP contribution in [0.15, 0.2) is 34.1 Å². The molecule has 4 heteroatoms. The van der Waals surface area contributed by atoms with Gasteiger partial charge in [-0.25, -0.2) is 4.98 Å². The van der Waals surface area contributed by atoms with Gasteiger partial charge in [-0.3, -0.25) is 0 Å². The number of methoxy groups -OCH3 is 1. The highest BCUT2D eigenvalue weighted by atomic mass is 79.9. The number of thiazole rings is 1. The maximum Gasteiger partial charge on any atom is 0.122 e. The van der Waals surface area contributed by atoms with Crippen LogP contribution in [0.1, 0.15) is 24.5 Å². The minimum atomic E-state index is 0.115. The highest BCUT2D eigenvalue weighted by Crippen LogP contribution is 2.29. The first-order valence-corrected chi connectivity index (χ1v) is 7.16. The van der Waals surface area contributed by atoms with Gasteiger partial charge in [0.25, 0.3) is 0 Å². The Balaban J connectivity index is 2.26. The third-order valence-corrected chi connectivity index (χ3v) is 4.06. The third kappa shape index (κ3) is 2.94. The lowest BCUT2D eigenvalue weighted by molar-refractivity contribution is 0.0998. The van der Waals surface area contributed by atoms with Crippen molar-refractivity contribution in [2.75, 3.05) is 7.11 Å². The molecule has 0 aliphatic heterocycles. The third-order valence-electron chi connectivity index (χ3n) is 2.59. The van der Waals surface area contributed by atoms with Crippen molar-refractivity contribution in [1.29, 1.82) is 0 Å². The molecule has 0 amide bonds. The number of aromatic nitrogens is 1. The van der Waals surface area contributed by atoms with Gasteiger partial charge in [-0.05, 0) is 18.6 Å². The highest BCUT2D eigenvalue weighted by molar-refractivity contribution is 9.10. The number of nitrogens with zero attached hydrogens (tertiary/aromatic N) is 1. The van der Waals surface area contributed by atoms with Crippen LogP contribution < -0.4 is 0 Å². The van der Waals surface area contributed by atoms with Gasteiger partial charge >= 0.3 is 0 Å². The van der Waals surface area contributed by atoms with E-state index in [4.69, 9.17) is 4.74 Å². The van der Waals surface area contributed by atoms with Crippen LogP contribution in [0.2, 0.25) is 0 Å². The van der Waals surface area contributed by atoms with E-state index in [2.05, 4.69) is 45.4 Å². The Labute approximate surface area is 114 Å². The molecule has 1 unspecified atom stereocenters. The molecule has 17 heavy (non-hydrogen) atoms. The van der Waals surface area contributed by atoms with Gasteiger partial charge in [0.2, 0.25) is 0 Å². The minimum absolute atomic E-state index is 0.115. The largest absolute Gasteiger partial charge is 0.374 e. The number of ether oxygens (including phenoxy) is 1. The van der Waals surface area contributed by atoms with Crippen LogP contribution in [0.25, 0.3) is 11.3 Å². The fourth-order valence-electron chi connectivity index (χ4n) is 1.63. The van der Waals surface area contributed by atoms with E-state index in [1.807, 2.05) is 12.1 Å². The Bertz CT molecular complexity index is 476. The first-order valence-electron chi connectivity index (χ1n) is 5.48. The van der Waals surface area contributed by atoms with E-state index in [-0.39, 0.29) is 6.10 Å². The maximum absolute atomic E-state index is 5.39. The summed E-state index contributed by atoms with van der Waals surface area (Å²) in [5.41, 5.74) is 2.16. The summed E-state index contributed by atoms with van der Waals surface area (Å²) in [6, 6.07) is 8.19. The van der Waals surface area contributed by atoms with E-state index in [9.17, 15) is 0 Å². The molecule has 2 aromatic rings. The molecule has 1 aromatic carbocycles. The molecule has 1 heterocycles. The van der Waals surface area contributed by atoms with Crippen molar-refractivity contribution in [1.82, 2.24) is 4.98 Å². The normalized spacial score (nSPS) is 12.6. The van der Waals surface area contributed by atoms with Gasteiger partial charge in [0, 0.05) is 22.5 Å². The van der Waals surface area contributed by atoms with Gasteiger partial charge in [-0.15, -0.1) is 11.3 Å². The standard InChI is InChI=1S/C13H14BrNOS/c1-3-12(16-2)13-15-11(8-17-13)9-4-6-10(14)7-5-9/h4-8,12H,3H2,1-2H3. The first kappa shape index (κ1) is 12.7. The van der Waals surface area contributed by atoms with Crippen molar-refractivity contribution in [2.45, 2.75) is 19.4 Å². The zero-order chi connectivity index (χ0) is 12.3. The van der Waals surface area contributed by atoms with Crippen LogP contribution in [0.3, 0.4) is 0 Å². The van der Waals surface area contributed by atoms with E-state index >= 15 is 0 Å². The Hall–Kier alpha value is -0.710. The van der Waals surface area contributed by atoms with Gasteiger partial charge in [0.15, 0.2) is 0 Å². The lowest BCUT2D eigenvalue weighted by atomic mass is 10.2. The molecule has 2 rings (SSSR count). The van der Waals surface area contributed by atoms with E-state index in [1.165, 1.54) is 0 Å². The van der Waals surface area contributed by atoms with Gasteiger partial charge in [-0.1, -0.05) is 35.0 Å². The zero-order valence-corrected chi connectivity index (χ0v) is 12.2. The molecule has 0 aliphatic rings. The predicted molar refractivity (Wildman–Crippen MR) is 75.3 cm³/mol. The number of hydrogen-bond acceptors (Lipinski definition) is 3. The number of halogens is 1. The highest BCUT2D eigenvalue weighted by Gasteiger charge is 2.13. The molecule has 2 nitrogen and oxygen atoms in total. The zero-order valence-electron chi connectivity index (χ0n) is 9.81. The molecule has 1 aromatic heterocycles. The predicted octanol–water partition coefficient (Wildman–Crippen LogP) is 4.67. The van der Waals surface area contributed by atoms with Crippen molar-refractivity contribution < 1.29 is 4.74 Å². The first-order chi connectivity index (χ1) is 8.24. The molecule has 0 bridgehead atoms. The van der Waals surface area contributed by atoms with Gasteiger partial charge in [-0.2, -0.15) is 0 Å². The summed E-state index contributed by atoms with van der Waals surface area (Å²) in [6.07, 6.45) is 1.06. The van der Waals surface area contributed by atoms with Crippen LogP contribution >= 0.6 is 27.3 Å². The van der Waals surface area contributed by atoms with Crippen LogP contribution in [0.5, 0.6) is 0 Å². The second-order valence-corrected chi connectivity index (χ2v) is 5.52. The summed E-state index contributed by atoms with van der Waals surface area (Å²) in [5, 5.41) is 3.13. The van der Waals surface area contributed by atoms with E-state index in [0.29, 0.717) is 0 Å². The van der Waals surface area contributed by atoms with Gasteiger partial charge in [0.1, 0.15) is 11.1 Å². The topological polar surface area (TPSA) is 22.1 Å². The van der Waals surface area contributed by atoms with Crippen LogP contribution in [-0.2, 0) is 4.74 Å². The Kier molecular flexibility index (Phi) is 4.31. The summed E-state index contributed by atoms with van der Waals surface area (Å²) >= 11 is 5.09. The average Bonchev–Trinajstić information content (AvgIpc) is 2.81. The summed E-state index contributed by atoms with van der Waals surface area (Å²) in [7, 11) is 1.73. The lowest BCUT2D eigenvalue weighted by Crippen LogP contribution is -1.98. The number of benzene rings is 1. The molecule has 0 radical (unpaired) electrons. The number of hydrogen-bond donors (Lipinski definition) is 0. The minimum Gasteiger partial charge on any atom is -0.374 e. The quantitative estimate of drug-likeness (QED) is 0.818. The Morgan fingerprint density at radius 3 is 2.65 bits per heavy atom. The number of rotatable bonds is 4. The summed E-state index contributed by atoms with van der Waals surface area (Å²) < 4.78 is 6.48. The smallest absolute Gasteiger partial charge is 0.122 e. The van der Waals surface area contributed by atoms with Crippen LogP contribution in [-0.4, -0.2) is 12.1 Å². The molecule has 0 aliphatic carbocycles. The average molecular weight is 312 g/mol. The summed E-state index contributed by atoms with van der Waals surface area (Å²) in [4.78, 5) is 4.63. The van der Waals surface area contributed by atoms with Crippen molar-refractivity contribution in [3.8, 4) is 11.3 Å². The molecular formula is C13H14BrNOS. The van der Waals surface area contributed by atoms with Gasteiger partial charge in [0.05, 0.1) is 5.69 Å². The van der Waals surface area contributed by atoms with Crippen molar-refractivity contribution in [3.63, 3.8) is 0 Å². The fraction of sp³-hybridized carbons (Fsp3) is 0.308. The maximum atomic E-state index is 5.39. The summed E-state index contributed by atoms with van der Waals surface area (Å²) in [6.45, 7) is 2.11. The molecule has 90 valence electrons. The van der Waals surface area contributed by atoms with E-state index in [0.717, 1.165) is 27.2 Å². The van der Waals surface area contributed by atoms with Gasteiger partial charge < -0.3 is 4.74 Å².